The molecule has 0 spiro atoms. The van der Waals surface area contributed by atoms with Gasteiger partial charge in [-0.3, -0.25) is 9.59 Å². The maximum Gasteiger partial charge on any atom is 0.311 e. The average molecular weight is 184 g/mol. The molecule has 2 amide bonds. The Bertz CT molecular complexity index is 240. The van der Waals surface area contributed by atoms with Crippen molar-refractivity contribution in [2.24, 2.45) is 11.7 Å². The van der Waals surface area contributed by atoms with Crippen molar-refractivity contribution in [3.05, 3.63) is 0 Å². The molecule has 1 aliphatic rings. The van der Waals surface area contributed by atoms with E-state index in [0.29, 0.717) is 13.1 Å². The fourth-order valence-corrected chi connectivity index (χ4v) is 1.46. The maximum atomic E-state index is 11.1. The summed E-state index contributed by atoms with van der Waals surface area (Å²) in [7, 11) is 0. The molecule has 13 heavy (non-hydrogen) atoms. The summed E-state index contributed by atoms with van der Waals surface area (Å²) in [6.45, 7) is 0.845. The van der Waals surface area contributed by atoms with E-state index in [1.807, 2.05) is 0 Å². The lowest BCUT2D eigenvalue weighted by Gasteiger charge is -2.28. The number of rotatable bonds is 1. The molecule has 1 aliphatic heterocycles. The summed E-state index contributed by atoms with van der Waals surface area (Å²) < 4.78 is 0. The number of amides is 2. The molecule has 0 aromatic heterocycles. The highest BCUT2D eigenvalue weighted by Crippen LogP contribution is 2.13. The first-order valence-electron chi connectivity index (χ1n) is 4.19. The first kappa shape index (κ1) is 9.70. The van der Waals surface area contributed by atoms with E-state index in [1.165, 1.54) is 4.90 Å². The second-order valence-corrected chi connectivity index (χ2v) is 3.15. The summed E-state index contributed by atoms with van der Waals surface area (Å²) in [6.07, 6.45) is 2.36. The van der Waals surface area contributed by atoms with Gasteiger partial charge in [0.05, 0.1) is 0 Å². The molecule has 1 heterocycles. The molecule has 72 valence electrons. The Hall–Kier alpha value is -1.39. The lowest BCUT2D eigenvalue weighted by Crippen LogP contribution is -2.45. The minimum atomic E-state index is -0.952. The molecule has 1 fully saturated rings. The molecule has 5 nitrogen and oxygen atoms in total. The van der Waals surface area contributed by atoms with Crippen molar-refractivity contribution < 1.29 is 14.4 Å². The van der Waals surface area contributed by atoms with Gasteiger partial charge in [0.2, 0.25) is 0 Å². The van der Waals surface area contributed by atoms with Gasteiger partial charge < -0.3 is 15.4 Å². The van der Waals surface area contributed by atoms with Crippen LogP contribution in [0.25, 0.3) is 0 Å². The van der Waals surface area contributed by atoms with E-state index in [9.17, 15) is 14.4 Å². The average Bonchev–Trinajstić information content (AvgIpc) is 2.16. The number of aldehydes is 1. The van der Waals surface area contributed by atoms with Crippen LogP contribution in [0.2, 0.25) is 0 Å². The number of hydrogen-bond donors (Lipinski definition) is 1. The number of hydrogen-bond acceptors (Lipinski definition) is 3. The first-order valence-corrected chi connectivity index (χ1v) is 4.19. The minimum absolute atomic E-state index is 0.142. The lowest BCUT2D eigenvalue weighted by atomic mass is 10.00. The SMILES string of the molecule is NC(=O)C(=O)N1CCCC(C=O)C1. The Morgan fingerprint density at radius 2 is 2.15 bits per heavy atom. The third-order valence-corrected chi connectivity index (χ3v) is 2.15. The number of nitrogens with two attached hydrogens (primary N) is 1. The number of carbonyl (C=O) groups is 3. The third kappa shape index (κ3) is 2.27. The lowest BCUT2D eigenvalue weighted by molar-refractivity contribution is -0.145. The van der Waals surface area contributed by atoms with Crippen molar-refractivity contribution in [3.63, 3.8) is 0 Å². The summed E-state index contributed by atoms with van der Waals surface area (Å²) in [5, 5.41) is 0. The van der Waals surface area contributed by atoms with Gasteiger partial charge in [0.15, 0.2) is 0 Å². The van der Waals surface area contributed by atoms with Gasteiger partial charge in [-0.1, -0.05) is 0 Å². The van der Waals surface area contributed by atoms with Crippen LogP contribution in [0.4, 0.5) is 0 Å². The number of primary amides is 1. The zero-order valence-corrected chi connectivity index (χ0v) is 7.23. The van der Waals surface area contributed by atoms with Crippen LogP contribution in [-0.2, 0) is 14.4 Å². The normalized spacial score (nSPS) is 22.5. The van der Waals surface area contributed by atoms with Crippen LogP contribution in [0, 0.1) is 5.92 Å². The van der Waals surface area contributed by atoms with Crippen molar-refractivity contribution in [1.82, 2.24) is 4.90 Å². The third-order valence-electron chi connectivity index (χ3n) is 2.15. The van der Waals surface area contributed by atoms with Crippen molar-refractivity contribution in [2.45, 2.75) is 12.8 Å². The molecule has 0 radical (unpaired) electrons. The van der Waals surface area contributed by atoms with Crippen LogP contribution in [0.15, 0.2) is 0 Å². The monoisotopic (exact) mass is 184 g/mol. The highest BCUT2D eigenvalue weighted by Gasteiger charge is 2.25. The van der Waals surface area contributed by atoms with E-state index < -0.39 is 11.8 Å². The Labute approximate surface area is 75.9 Å². The van der Waals surface area contributed by atoms with E-state index >= 15 is 0 Å². The van der Waals surface area contributed by atoms with Crippen molar-refractivity contribution in [3.8, 4) is 0 Å². The van der Waals surface area contributed by atoms with E-state index in [0.717, 1.165) is 19.1 Å². The summed E-state index contributed by atoms with van der Waals surface area (Å²) in [5.74, 6) is -1.78. The molecule has 1 saturated heterocycles. The van der Waals surface area contributed by atoms with Gasteiger partial charge in [0.25, 0.3) is 0 Å². The zero-order chi connectivity index (χ0) is 9.84. The molecule has 0 saturated carbocycles. The van der Waals surface area contributed by atoms with E-state index in [-0.39, 0.29) is 5.92 Å². The maximum absolute atomic E-state index is 11.1. The molecule has 1 rings (SSSR count). The van der Waals surface area contributed by atoms with Gasteiger partial charge in [-0.2, -0.15) is 0 Å². The topological polar surface area (TPSA) is 80.5 Å². The molecule has 0 aromatic carbocycles. The molecule has 0 bridgehead atoms. The van der Waals surface area contributed by atoms with Crippen molar-refractivity contribution >= 4 is 18.1 Å². The minimum Gasteiger partial charge on any atom is -0.361 e. The second-order valence-electron chi connectivity index (χ2n) is 3.15. The molecular formula is C8H12N2O3. The quantitative estimate of drug-likeness (QED) is 0.415. The molecular weight excluding hydrogens is 172 g/mol. The highest BCUT2D eigenvalue weighted by molar-refractivity contribution is 6.34. The zero-order valence-electron chi connectivity index (χ0n) is 7.23. The fourth-order valence-electron chi connectivity index (χ4n) is 1.46. The van der Waals surface area contributed by atoms with Crippen molar-refractivity contribution in [1.29, 1.82) is 0 Å². The molecule has 0 aromatic rings. The van der Waals surface area contributed by atoms with E-state index in [4.69, 9.17) is 5.73 Å². The van der Waals surface area contributed by atoms with Gasteiger partial charge in [0, 0.05) is 19.0 Å². The fraction of sp³-hybridized carbons (Fsp3) is 0.625. The van der Waals surface area contributed by atoms with Crippen LogP contribution in [0.3, 0.4) is 0 Å². The van der Waals surface area contributed by atoms with Crippen LogP contribution in [-0.4, -0.2) is 36.1 Å². The summed E-state index contributed by atoms with van der Waals surface area (Å²) in [5.41, 5.74) is 4.84. The van der Waals surface area contributed by atoms with Crippen LogP contribution < -0.4 is 5.73 Å². The smallest absolute Gasteiger partial charge is 0.311 e. The number of piperidine rings is 1. The van der Waals surface area contributed by atoms with E-state index in [1.54, 1.807) is 0 Å². The number of likely N-dealkylation sites (tertiary alicyclic amines) is 1. The summed E-state index contributed by atoms with van der Waals surface area (Å²) in [6, 6.07) is 0. The Morgan fingerprint density at radius 3 is 2.69 bits per heavy atom. The van der Waals surface area contributed by atoms with Crippen LogP contribution >= 0.6 is 0 Å². The first-order chi connectivity index (χ1) is 6.15. The number of carbonyl (C=O) groups excluding carboxylic acids is 3. The Morgan fingerprint density at radius 1 is 1.46 bits per heavy atom. The molecule has 2 N–H and O–H groups in total. The number of nitrogens with zero attached hydrogens (tertiary/aromatic N) is 1. The van der Waals surface area contributed by atoms with Crippen LogP contribution in [0.1, 0.15) is 12.8 Å². The molecule has 5 heteroatoms. The summed E-state index contributed by atoms with van der Waals surface area (Å²) >= 11 is 0. The summed E-state index contributed by atoms with van der Waals surface area (Å²) in [4.78, 5) is 33.4. The van der Waals surface area contributed by atoms with Gasteiger partial charge in [-0.25, -0.2) is 0 Å². The van der Waals surface area contributed by atoms with Crippen LogP contribution in [0.5, 0.6) is 0 Å². The predicted octanol–water partition coefficient (Wildman–Crippen LogP) is -1.09. The van der Waals surface area contributed by atoms with Gasteiger partial charge in [-0.15, -0.1) is 0 Å². The van der Waals surface area contributed by atoms with Gasteiger partial charge in [0.1, 0.15) is 6.29 Å². The van der Waals surface area contributed by atoms with Crippen molar-refractivity contribution in [2.75, 3.05) is 13.1 Å². The second kappa shape index (κ2) is 4.02. The predicted molar refractivity (Wildman–Crippen MR) is 44.6 cm³/mol. The van der Waals surface area contributed by atoms with E-state index in [2.05, 4.69) is 0 Å². The molecule has 0 aliphatic carbocycles. The standard InChI is InChI=1S/C8H12N2O3/c9-7(12)8(13)10-3-1-2-6(4-10)5-11/h5-6H,1-4H2,(H2,9,12). The van der Waals surface area contributed by atoms with Gasteiger partial charge in [-0.05, 0) is 12.8 Å². The molecule has 1 unspecified atom stereocenters. The Balaban J connectivity index is 2.55. The Kier molecular flexibility index (Phi) is 3.00. The molecule has 1 atom stereocenters. The largest absolute Gasteiger partial charge is 0.361 e. The van der Waals surface area contributed by atoms with Gasteiger partial charge >= 0.3 is 11.8 Å². The highest BCUT2D eigenvalue weighted by atomic mass is 16.2.